The third kappa shape index (κ3) is 4.46. The van der Waals surface area contributed by atoms with Crippen LogP contribution in [0.4, 0.5) is 0 Å². The Kier molecular flexibility index (Phi) is 6.85. The highest BCUT2D eigenvalue weighted by Crippen LogP contribution is 2.46. The Morgan fingerprint density at radius 3 is 2.09 bits per heavy atom. The predicted molar refractivity (Wildman–Crippen MR) is 118 cm³/mol. The Labute approximate surface area is 189 Å². The Morgan fingerprint density at radius 2 is 1.62 bits per heavy atom. The largest absolute Gasteiger partial charge is 0.335 e. The molecule has 0 unspecified atom stereocenters. The summed E-state index contributed by atoms with van der Waals surface area (Å²) >= 11 is 0. The van der Waals surface area contributed by atoms with Gasteiger partial charge in [-0.05, 0) is 67.9 Å². The van der Waals surface area contributed by atoms with Gasteiger partial charge in [0.15, 0.2) is 0 Å². The number of hydrogen-bond donors (Lipinski definition) is 0. The lowest BCUT2D eigenvalue weighted by Gasteiger charge is -2.44. The number of hydroxylamine groups is 2. The number of likely N-dealkylation sites (tertiary alicyclic amines) is 1. The second-order valence-electron chi connectivity index (χ2n) is 8.90. The number of carbonyl (C=O) groups excluding carboxylic acids is 4. The molecule has 2 amide bonds. The van der Waals surface area contributed by atoms with Crippen molar-refractivity contribution in [2.75, 3.05) is 27.2 Å². The van der Waals surface area contributed by atoms with Crippen LogP contribution in [0.5, 0.6) is 0 Å². The molecule has 1 aromatic rings. The lowest BCUT2D eigenvalue weighted by atomic mass is 9.62. The van der Waals surface area contributed by atoms with Gasteiger partial charge in [0, 0.05) is 38.5 Å². The molecule has 7 nitrogen and oxygen atoms in total. The molecule has 0 radical (unpaired) electrons. The molecule has 0 atom stereocenters. The molecule has 0 aromatic heterocycles. The number of rotatable bonds is 2. The molecule has 0 bridgehead atoms. The Bertz CT molecular complexity index is 981. The first-order valence-corrected chi connectivity index (χ1v) is 10.8. The molecule has 32 heavy (non-hydrogen) atoms. The smallest absolute Gasteiger partial charge is 0.334 e. The molecule has 1 saturated carbocycles. The van der Waals surface area contributed by atoms with Gasteiger partial charge in [0.1, 0.15) is 17.5 Å². The van der Waals surface area contributed by atoms with Crippen LogP contribution in [0.2, 0.25) is 0 Å². The highest BCUT2D eigenvalue weighted by atomic mass is 16.7. The predicted octanol–water partition coefficient (Wildman–Crippen LogP) is 2.32. The number of benzene rings is 1. The summed E-state index contributed by atoms with van der Waals surface area (Å²) in [5, 5.41) is 0.896. The fourth-order valence-electron chi connectivity index (χ4n) is 5.04. The van der Waals surface area contributed by atoms with E-state index in [9.17, 15) is 19.2 Å². The van der Waals surface area contributed by atoms with Crippen LogP contribution in [-0.4, -0.2) is 60.6 Å². The first-order chi connectivity index (χ1) is 15.1. The van der Waals surface area contributed by atoms with E-state index in [1.807, 2.05) is 26.0 Å². The van der Waals surface area contributed by atoms with E-state index < -0.39 is 23.1 Å². The number of nitrogens with zero attached hydrogens (tertiary/aromatic N) is 2. The Hall–Kier alpha value is -2.98. The molecular weight excluding hydrogens is 408 g/mol. The summed E-state index contributed by atoms with van der Waals surface area (Å²) in [6.45, 7) is 6.31. The van der Waals surface area contributed by atoms with Crippen LogP contribution >= 0.6 is 0 Å². The number of piperidine rings is 1. The van der Waals surface area contributed by atoms with Crippen LogP contribution < -0.4 is 0 Å². The molecule has 3 rings (SSSR count). The molecule has 170 valence electrons. The van der Waals surface area contributed by atoms with Crippen molar-refractivity contribution in [1.29, 1.82) is 0 Å². The van der Waals surface area contributed by atoms with Gasteiger partial charge in [-0.15, -0.1) is 5.92 Å². The molecule has 1 heterocycles. The van der Waals surface area contributed by atoms with Crippen molar-refractivity contribution in [3.05, 3.63) is 34.4 Å². The molecule has 1 aliphatic carbocycles. The molecule has 0 N–H and O–H groups in total. The normalized spacial score (nSPS) is 18.3. The topological polar surface area (TPSA) is 84.0 Å². The second kappa shape index (κ2) is 9.25. The van der Waals surface area contributed by atoms with Gasteiger partial charge < -0.3 is 4.90 Å². The zero-order chi connectivity index (χ0) is 23.6. The van der Waals surface area contributed by atoms with Crippen LogP contribution in [0, 0.1) is 31.1 Å². The molecule has 1 saturated heterocycles. The minimum atomic E-state index is -0.735. The fraction of sp³-hybridized carbons (Fsp3) is 0.520. The highest BCUT2D eigenvalue weighted by molar-refractivity contribution is 6.34. The summed E-state index contributed by atoms with van der Waals surface area (Å²) in [6, 6.07) is 3.86. The van der Waals surface area contributed by atoms with Crippen molar-refractivity contribution in [3.8, 4) is 11.8 Å². The summed E-state index contributed by atoms with van der Waals surface area (Å²) in [5.74, 6) is 3.70. The maximum atomic E-state index is 13.2. The van der Waals surface area contributed by atoms with E-state index in [4.69, 9.17) is 4.84 Å². The highest BCUT2D eigenvalue weighted by Gasteiger charge is 2.48. The van der Waals surface area contributed by atoms with Crippen LogP contribution in [0.3, 0.4) is 0 Å². The number of carbonyl (C=O) groups is 4. The molecule has 1 aliphatic heterocycles. The first kappa shape index (κ1) is 23.7. The van der Waals surface area contributed by atoms with Gasteiger partial charge in [-0.25, -0.2) is 5.06 Å². The van der Waals surface area contributed by atoms with Crippen molar-refractivity contribution >= 4 is 23.4 Å². The maximum Gasteiger partial charge on any atom is 0.335 e. The average Bonchev–Trinajstić information content (AvgIpc) is 2.74. The average molecular weight is 439 g/mol. The summed E-state index contributed by atoms with van der Waals surface area (Å²) in [4.78, 5) is 57.2. The molecule has 2 fully saturated rings. The molecule has 1 spiro atoms. The van der Waals surface area contributed by atoms with Gasteiger partial charge in [-0.3, -0.25) is 24.0 Å². The van der Waals surface area contributed by atoms with Gasteiger partial charge in [0.2, 0.25) is 0 Å². The van der Waals surface area contributed by atoms with E-state index in [0.29, 0.717) is 38.8 Å². The van der Waals surface area contributed by atoms with E-state index in [1.54, 1.807) is 6.92 Å². The van der Waals surface area contributed by atoms with Gasteiger partial charge in [0.25, 0.3) is 0 Å². The van der Waals surface area contributed by atoms with E-state index in [0.717, 1.165) is 27.3 Å². The third-order valence-electron chi connectivity index (χ3n) is 6.75. The van der Waals surface area contributed by atoms with Gasteiger partial charge in [0.05, 0.1) is 7.11 Å². The number of amides is 2. The van der Waals surface area contributed by atoms with E-state index in [-0.39, 0.29) is 11.6 Å². The van der Waals surface area contributed by atoms with E-state index in [1.165, 1.54) is 19.1 Å². The third-order valence-corrected chi connectivity index (χ3v) is 6.75. The summed E-state index contributed by atoms with van der Waals surface area (Å²) in [5.41, 5.74) is 3.06. The molecule has 2 aliphatic rings. The maximum absolute atomic E-state index is 13.2. The van der Waals surface area contributed by atoms with Crippen molar-refractivity contribution in [2.45, 2.75) is 52.4 Å². The van der Waals surface area contributed by atoms with Crippen LogP contribution in [-0.2, 0) is 24.0 Å². The summed E-state index contributed by atoms with van der Waals surface area (Å²) < 4.78 is 0. The summed E-state index contributed by atoms with van der Waals surface area (Å²) in [6.07, 6.45) is 1.67. The monoisotopic (exact) mass is 438 g/mol. The standard InChI is InChI=1S/C25H30N2O5/c1-6-7-18-12-16(2)21(17(3)13-18)22-19(28)14-25(15-20(22)29)8-10-27(11-9-25)24(31)23(30)26(4)32-5/h12-13,22H,8-11,14-15H2,1-5H3. The quantitative estimate of drug-likeness (QED) is 0.306. The lowest BCUT2D eigenvalue weighted by molar-refractivity contribution is -0.178. The van der Waals surface area contributed by atoms with Gasteiger partial charge in [-0.1, -0.05) is 5.92 Å². The SMILES string of the molecule is CC#Cc1cc(C)c(C2C(=O)CC3(CCN(C(=O)C(=O)N(C)OC)CC3)CC2=O)c(C)c1. The van der Waals surface area contributed by atoms with Crippen LogP contribution in [0.15, 0.2) is 12.1 Å². The van der Waals surface area contributed by atoms with E-state index >= 15 is 0 Å². The van der Waals surface area contributed by atoms with Gasteiger partial charge >= 0.3 is 11.8 Å². The number of aryl methyl sites for hydroxylation is 2. The van der Waals surface area contributed by atoms with Crippen LogP contribution in [0.25, 0.3) is 0 Å². The van der Waals surface area contributed by atoms with Crippen molar-refractivity contribution in [2.24, 2.45) is 5.41 Å². The minimum absolute atomic E-state index is 0.0586. The van der Waals surface area contributed by atoms with Crippen molar-refractivity contribution < 1.29 is 24.0 Å². The lowest BCUT2D eigenvalue weighted by Crippen LogP contribution is -2.51. The zero-order valence-corrected chi connectivity index (χ0v) is 19.4. The Morgan fingerprint density at radius 1 is 1.09 bits per heavy atom. The Balaban J connectivity index is 1.74. The van der Waals surface area contributed by atoms with Gasteiger partial charge in [-0.2, -0.15) is 0 Å². The van der Waals surface area contributed by atoms with Crippen molar-refractivity contribution in [1.82, 2.24) is 9.96 Å². The van der Waals surface area contributed by atoms with Crippen LogP contribution in [0.1, 0.15) is 60.8 Å². The molecule has 1 aromatic carbocycles. The fourth-order valence-corrected chi connectivity index (χ4v) is 5.04. The molecule has 7 heteroatoms. The number of hydrogen-bond acceptors (Lipinski definition) is 5. The second-order valence-corrected chi connectivity index (χ2v) is 8.90. The first-order valence-electron chi connectivity index (χ1n) is 10.8. The number of Topliss-reactive ketones (excluding diaryl/α,β-unsaturated/α-hetero) is 2. The number of likely N-dealkylation sites (N-methyl/N-ethyl adjacent to an activating group) is 1. The zero-order valence-electron chi connectivity index (χ0n) is 19.4. The van der Waals surface area contributed by atoms with Crippen molar-refractivity contribution in [3.63, 3.8) is 0 Å². The summed E-state index contributed by atoms with van der Waals surface area (Å²) in [7, 11) is 2.70. The van der Waals surface area contributed by atoms with E-state index in [2.05, 4.69) is 11.8 Å². The molecular formula is C25H30N2O5. The minimum Gasteiger partial charge on any atom is -0.334 e. The number of ketones is 2.